The highest BCUT2D eigenvalue weighted by molar-refractivity contribution is 7.90. The first-order chi connectivity index (χ1) is 11.4. The van der Waals surface area contributed by atoms with Crippen LogP contribution in [-0.2, 0) is 14.6 Å². The highest BCUT2D eigenvalue weighted by atomic mass is 32.2. The predicted molar refractivity (Wildman–Crippen MR) is 91.3 cm³/mol. The van der Waals surface area contributed by atoms with Gasteiger partial charge < -0.3 is 14.8 Å². The van der Waals surface area contributed by atoms with E-state index in [1.54, 1.807) is 36.4 Å². The number of hydrogen-bond donors (Lipinski definition) is 1. The number of rotatable bonds is 7. The smallest absolute Gasteiger partial charge is 0.262 e. The second kappa shape index (κ2) is 7.83. The van der Waals surface area contributed by atoms with E-state index in [9.17, 15) is 13.2 Å². The van der Waals surface area contributed by atoms with Crippen molar-refractivity contribution in [3.8, 4) is 11.5 Å². The van der Waals surface area contributed by atoms with Gasteiger partial charge in [0.15, 0.2) is 16.4 Å². The van der Waals surface area contributed by atoms with Crippen molar-refractivity contribution in [3.05, 3.63) is 48.5 Å². The quantitative estimate of drug-likeness (QED) is 0.830. The summed E-state index contributed by atoms with van der Waals surface area (Å²) < 4.78 is 33.7. The van der Waals surface area contributed by atoms with Gasteiger partial charge in [-0.2, -0.15) is 0 Å². The number of benzene rings is 2. The van der Waals surface area contributed by atoms with Crippen LogP contribution in [-0.4, -0.2) is 33.8 Å². The molecular formula is C17H19NO5S. The van der Waals surface area contributed by atoms with Gasteiger partial charge >= 0.3 is 0 Å². The van der Waals surface area contributed by atoms with E-state index in [0.717, 1.165) is 12.0 Å². The van der Waals surface area contributed by atoms with Crippen molar-refractivity contribution < 1.29 is 22.7 Å². The Hall–Kier alpha value is -2.54. The monoisotopic (exact) mass is 349 g/mol. The maximum absolute atomic E-state index is 11.9. The number of hydrogen-bond acceptors (Lipinski definition) is 5. The third-order valence-corrected chi connectivity index (χ3v) is 4.16. The molecule has 0 aliphatic heterocycles. The molecule has 1 N–H and O–H groups in total. The van der Waals surface area contributed by atoms with Gasteiger partial charge in [-0.25, -0.2) is 8.42 Å². The van der Waals surface area contributed by atoms with Gasteiger partial charge in [0.2, 0.25) is 0 Å². The summed E-state index contributed by atoms with van der Waals surface area (Å²) in [6.07, 6.45) is 1.11. The van der Waals surface area contributed by atoms with E-state index in [1.165, 1.54) is 12.1 Å². The molecule has 0 unspecified atom stereocenters. The van der Waals surface area contributed by atoms with E-state index in [4.69, 9.17) is 9.47 Å². The zero-order chi connectivity index (χ0) is 17.6. The average Bonchev–Trinajstić information content (AvgIpc) is 2.54. The Balaban J connectivity index is 1.91. The van der Waals surface area contributed by atoms with Crippen LogP contribution < -0.4 is 14.8 Å². The van der Waals surface area contributed by atoms with Gasteiger partial charge in [-0.15, -0.1) is 0 Å². The van der Waals surface area contributed by atoms with Crippen LogP contribution in [0.25, 0.3) is 0 Å². The lowest BCUT2D eigenvalue weighted by atomic mass is 10.3. The lowest BCUT2D eigenvalue weighted by Gasteiger charge is -2.09. The first kappa shape index (κ1) is 17.8. The average molecular weight is 349 g/mol. The SMILES string of the molecule is CCOc1ccc(OCC(=O)Nc2cccc(S(C)(=O)=O)c2)cc1. The maximum atomic E-state index is 11.9. The van der Waals surface area contributed by atoms with Crippen molar-refractivity contribution in [2.45, 2.75) is 11.8 Å². The molecule has 0 saturated heterocycles. The Kier molecular flexibility index (Phi) is 5.81. The highest BCUT2D eigenvalue weighted by Gasteiger charge is 2.09. The summed E-state index contributed by atoms with van der Waals surface area (Å²) in [6, 6.07) is 13.0. The van der Waals surface area contributed by atoms with Crippen molar-refractivity contribution in [1.82, 2.24) is 0 Å². The third kappa shape index (κ3) is 5.27. The Morgan fingerprint density at radius 2 is 1.67 bits per heavy atom. The van der Waals surface area contributed by atoms with E-state index in [1.807, 2.05) is 6.92 Å². The van der Waals surface area contributed by atoms with Gasteiger partial charge in [-0.05, 0) is 49.4 Å². The molecular weight excluding hydrogens is 330 g/mol. The molecule has 24 heavy (non-hydrogen) atoms. The number of carbonyl (C=O) groups excluding carboxylic acids is 1. The molecule has 0 radical (unpaired) electrons. The van der Waals surface area contributed by atoms with Crippen LogP contribution in [0, 0.1) is 0 Å². The number of nitrogens with one attached hydrogen (secondary N) is 1. The third-order valence-electron chi connectivity index (χ3n) is 3.05. The molecule has 1 amide bonds. The molecule has 0 spiro atoms. The highest BCUT2D eigenvalue weighted by Crippen LogP contribution is 2.18. The fraction of sp³-hybridized carbons (Fsp3) is 0.235. The molecule has 0 atom stereocenters. The van der Waals surface area contributed by atoms with Gasteiger partial charge in [-0.3, -0.25) is 4.79 Å². The van der Waals surface area contributed by atoms with Crippen molar-refractivity contribution in [2.75, 3.05) is 24.8 Å². The maximum Gasteiger partial charge on any atom is 0.262 e. The summed E-state index contributed by atoms with van der Waals surface area (Å²) in [6.45, 7) is 2.29. The molecule has 0 aliphatic rings. The zero-order valence-corrected chi connectivity index (χ0v) is 14.3. The van der Waals surface area contributed by atoms with E-state index in [0.29, 0.717) is 18.0 Å². The van der Waals surface area contributed by atoms with Crippen LogP contribution in [0.5, 0.6) is 11.5 Å². The van der Waals surface area contributed by atoms with Crippen molar-refractivity contribution >= 4 is 21.4 Å². The lowest BCUT2D eigenvalue weighted by Crippen LogP contribution is -2.20. The normalized spacial score (nSPS) is 10.9. The van der Waals surface area contributed by atoms with E-state index >= 15 is 0 Å². The molecule has 0 fully saturated rings. The number of amides is 1. The molecule has 2 rings (SSSR count). The largest absolute Gasteiger partial charge is 0.494 e. The summed E-state index contributed by atoms with van der Waals surface area (Å²) in [5, 5.41) is 2.60. The van der Waals surface area contributed by atoms with Gasteiger partial charge in [0.1, 0.15) is 11.5 Å². The molecule has 6 nitrogen and oxygen atoms in total. The molecule has 128 valence electrons. The topological polar surface area (TPSA) is 81.7 Å². The van der Waals surface area contributed by atoms with Crippen LogP contribution in [0.1, 0.15) is 6.92 Å². The lowest BCUT2D eigenvalue weighted by molar-refractivity contribution is -0.118. The Bertz CT molecular complexity index is 800. The zero-order valence-electron chi connectivity index (χ0n) is 13.5. The fourth-order valence-corrected chi connectivity index (χ4v) is 2.62. The molecule has 0 bridgehead atoms. The first-order valence-electron chi connectivity index (χ1n) is 7.34. The molecule has 0 heterocycles. The van der Waals surface area contributed by atoms with Crippen molar-refractivity contribution in [3.63, 3.8) is 0 Å². The van der Waals surface area contributed by atoms with Gasteiger partial charge in [0.05, 0.1) is 11.5 Å². The molecule has 7 heteroatoms. The molecule has 0 saturated carbocycles. The number of anilines is 1. The van der Waals surface area contributed by atoms with Crippen molar-refractivity contribution in [2.24, 2.45) is 0 Å². The van der Waals surface area contributed by atoms with Crippen molar-refractivity contribution in [1.29, 1.82) is 0 Å². The Labute approximate surface area is 141 Å². The molecule has 0 aromatic heterocycles. The van der Waals surface area contributed by atoms with Crippen LogP contribution in [0.4, 0.5) is 5.69 Å². The molecule has 0 aliphatic carbocycles. The van der Waals surface area contributed by atoms with Crippen LogP contribution >= 0.6 is 0 Å². The minimum atomic E-state index is -3.32. The second-order valence-corrected chi connectivity index (χ2v) is 7.06. The summed E-state index contributed by atoms with van der Waals surface area (Å²) in [4.78, 5) is 12.1. The van der Waals surface area contributed by atoms with E-state index in [-0.39, 0.29) is 17.4 Å². The number of ether oxygens (including phenoxy) is 2. The first-order valence-corrected chi connectivity index (χ1v) is 9.23. The van der Waals surface area contributed by atoms with Crippen LogP contribution in [0.3, 0.4) is 0 Å². The number of carbonyl (C=O) groups is 1. The van der Waals surface area contributed by atoms with Gasteiger partial charge in [-0.1, -0.05) is 6.07 Å². The van der Waals surface area contributed by atoms with Crippen LogP contribution in [0.15, 0.2) is 53.4 Å². The summed E-state index contributed by atoms with van der Waals surface area (Å²) >= 11 is 0. The van der Waals surface area contributed by atoms with Gasteiger partial charge in [0, 0.05) is 11.9 Å². The second-order valence-electron chi connectivity index (χ2n) is 5.04. The van der Waals surface area contributed by atoms with Gasteiger partial charge in [0.25, 0.3) is 5.91 Å². The van der Waals surface area contributed by atoms with E-state index in [2.05, 4.69) is 5.32 Å². The van der Waals surface area contributed by atoms with Crippen LogP contribution in [0.2, 0.25) is 0 Å². The molecule has 2 aromatic rings. The standard InChI is InChI=1S/C17H19NO5S/c1-3-22-14-7-9-15(10-8-14)23-12-17(19)18-13-5-4-6-16(11-13)24(2,20)21/h4-11H,3,12H2,1-2H3,(H,18,19). The Morgan fingerprint density at radius 3 is 2.25 bits per heavy atom. The minimum Gasteiger partial charge on any atom is -0.494 e. The summed E-state index contributed by atoms with van der Waals surface area (Å²) in [7, 11) is -3.32. The summed E-state index contributed by atoms with van der Waals surface area (Å²) in [5.41, 5.74) is 0.401. The fourth-order valence-electron chi connectivity index (χ4n) is 1.95. The minimum absolute atomic E-state index is 0.146. The predicted octanol–water partition coefficient (Wildman–Crippen LogP) is 2.51. The van der Waals surface area contributed by atoms with E-state index < -0.39 is 9.84 Å². The molecule has 2 aromatic carbocycles. The summed E-state index contributed by atoms with van der Waals surface area (Å²) in [5.74, 6) is 0.889. The number of sulfone groups is 1. The Morgan fingerprint density at radius 1 is 1.04 bits per heavy atom.